The molecule has 2 N–H and O–H groups in total. The third-order valence-electron chi connectivity index (χ3n) is 3.94. The topological polar surface area (TPSA) is 55.6 Å². The number of rotatable bonds is 2. The number of nitrogens with zero attached hydrogens (tertiary/aromatic N) is 1. The summed E-state index contributed by atoms with van der Waals surface area (Å²) in [5.41, 5.74) is 8.11. The number of nitrogens with two attached hydrogens (primary N) is 1. The summed E-state index contributed by atoms with van der Waals surface area (Å²) in [5, 5.41) is 0. The van der Waals surface area contributed by atoms with Gasteiger partial charge >= 0.3 is 0 Å². The van der Waals surface area contributed by atoms with Crippen molar-refractivity contribution in [1.82, 2.24) is 0 Å². The lowest BCUT2D eigenvalue weighted by Gasteiger charge is -2.38. The highest BCUT2D eigenvalue weighted by Gasteiger charge is 2.32. The summed E-state index contributed by atoms with van der Waals surface area (Å²) >= 11 is 1.62. The Hall–Kier alpha value is -1.04. The zero-order chi connectivity index (χ0) is 14.1. The number of fused-ring (bicyclic) bond motifs is 1. The summed E-state index contributed by atoms with van der Waals surface area (Å²) in [5.74, 6) is 0.732. The number of carbonyl (C=O) groups excluding carboxylic acids is 1. The fourth-order valence-electron chi connectivity index (χ4n) is 2.82. The number of amides is 1. The third-order valence-corrected chi connectivity index (χ3v) is 4.97. The molecule has 1 amide bonds. The maximum Gasteiger partial charge on any atom is 0.237 e. The summed E-state index contributed by atoms with van der Waals surface area (Å²) < 4.78 is 5.40. The van der Waals surface area contributed by atoms with Gasteiger partial charge in [-0.15, -0.1) is 11.8 Å². The normalized spacial score (nSPS) is 21.7. The highest BCUT2D eigenvalue weighted by molar-refractivity contribution is 8.00. The van der Waals surface area contributed by atoms with Crippen LogP contribution in [0.3, 0.4) is 0 Å². The molecule has 1 aromatic rings. The Bertz CT molecular complexity index is 513. The lowest BCUT2D eigenvalue weighted by atomic mass is 10.0. The Kier molecular flexibility index (Phi) is 4.01. The van der Waals surface area contributed by atoms with Crippen molar-refractivity contribution in [2.45, 2.75) is 36.7 Å². The Morgan fingerprint density at radius 3 is 2.85 bits per heavy atom. The first-order valence-electron chi connectivity index (χ1n) is 7.09. The van der Waals surface area contributed by atoms with Crippen LogP contribution in [-0.2, 0) is 9.53 Å². The molecule has 0 spiro atoms. The minimum Gasteiger partial charge on any atom is -0.381 e. The Labute approximate surface area is 123 Å². The van der Waals surface area contributed by atoms with Gasteiger partial charge in [-0.2, -0.15) is 0 Å². The average Bonchev–Trinajstić information content (AvgIpc) is 2.47. The molecule has 2 aliphatic heterocycles. The second-order valence-electron chi connectivity index (χ2n) is 5.41. The van der Waals surface area contributed by atoms with Crippen LogP contribution in [-0.4, -0.2) is 30.9 Å². The molecule has 2 heterocycles. The minimum absolute atomic E-state index is 0.0232. The van der Waals surface area contributed by atoms with Crippen molar-refractivity contribution in [2.24, 2.45) is 5.73 Å². The van der Waals surface area contributed by atoms with Crippen LogP contribution in [0, 0.1) is 0 Å². The van der Waals surface area contributed by atoms with Crippen molar-refractivity contribution in [2.75, 3.05) is 23.9 Å². The fraction of sp³-hybridized carbons (Fsp3) is 0.533. The SMILES string of the molecule is CC(N)c1ccc2c(c1)SCC(=O)N2C1CCOCC1. The van der Waals surface area contributed by atoms with E-state index < -0.39 is 0 Å². The Morgan fingerprint density at radius 1 is 1.40 bits per heavy atom. The summed E-state index contributed by atoms with van der Waals surface area (Å²) in [6.45, 7) is 3.47. The van der Waals surface area contributed by atoms with Crippen LogP contribution in [0.2, 0.25) is 0 Å². The predicted octanol–water partition coefficient (Wildman–Crippen LogP) is 2.32. The molecule has 0 aromatic heterocycles. The van der Waals surface area contributed by atoms with Gasteiger partial charge in [0, 0.05) is 30.2 Å². The van der Waals surface area contributed by atoms with Crippen molar-refractivity contribution in [3.63, 3.8) is 0 Å². The monoisotopic (exact) mass is 292 g/mol. The van der Waals surface area contributed by atoms with E-state index in [2.05, 4.69) is 6.07 Å². The zero-order valence-electron chi connectivity index (χ0n) is 11.7. The molecule has 1 aromatic carbocycles. The van der Waals surface area contributed by atoms with E-state index in [1.165, 1.54) is 4.90 Å². The van der Waals surface area contributed by atoms with Gasteiger partial charge in [-0.1, -0.05) is 6.07 Å². The number of hydrogen-bond donors (Lipinski definition) is 1. The molecule has 3 rings (SSSR count). The van der Waals surface area contributed by atoms with Crippen molar-refractivity contribution >= 4 is 23.4 Å². The van der Waals surface area contributed by atoms with Crippen molar-refractivity contribution < 1.29 is 9.53 Å². The van der Waals surface area contributed by atoms with Crippen LogP contribution in [0.25, 0.3) is 0 Å². The van der Waals surface area contributed by atoms with Crippen LogP contribution in [0.15, 0.2) is 23.1 Å². The molecule has 108 valence electrons. The van der Waals surface area contributed by atoms with E-state index in [0.717, 1.165) is 37.3 Å². The van der Waals surface area contributed by atoms with Gasteiger partial charge in [-0.25, -0.2) is 0 Å². The number of hydrogen-bond acceptors (Lipinski definition) is 4. The zero-order valence-corrected chi connectivity index (χ0v) is 12.5. The Balaban J connectivity index is 1.94. The molecule has 1 unspecified atom stereocenters. The highest BCUT2D eigenvalue weighted by Crippen LogP contribution is 2.39. The highest BCUT2D eigenvalue weighted by atomic mass is 32.2. The van der Waals surface area contributed by atoms with E-state index in [4.69, 9.17) is 10.5 Å². The number of ether oxygens (including phenoxy) is 1. The van der Waals surface area contributed by atoms with Crippen LogP contribution < -0.4 is 10.6 Å². The lowest BCUT2D eigenvalue weighted by molar-refractivity contribution is -0.117. The van der Waals surface area contributed by atoms with E-state index >= 15 is 0 Å². The van der Waals surface area contributed by atoms with Gasteiger partial charge in [0.2, 0.25) is 5.91 Å². The lowest BCUT2D eigenvalue weighted by Crippen LogP contribution is -2.46. The standard InChI is InChI=1S/C15H20N2O2S/c1-10(16)11-2-3-13-14(8-11)20-9-15(18)17(13)12-4-6-19-7-5-12/h2-3,8,10,12H,4-7,9,16H2,1H3. The fourth-order valence-corrected chi connectivity index (χ4v) is 3.77. The van der Waals surface area contributed by atoms with Gasteiger partial charge in [-0.05, 0) is 37.5 Å². The molecule has 20 heavy (non-hydrogen) atoms. The predicted molar refractivity (Wildman–Crippen MR) is 81.1 cm³/mol. The maximum atomic E-state index is 12.3. The van der Waals surface area contributed by atoms with Gasteiger partial charge in [0.25, 0.3) is 0 Å². The molecule has 0 saturated carbocycles. The quantitative estimate of drug-likeness (QED) is 0.909. The van der Waals surface area contributed by atoms with E-state index in [-0.39, 0.29) is 18.0 Å². The minimum atomic E-state index is 0.0232. The smallest absolute Gasteiger partial charge is 0.237 e. The maximum absolute atomic E-state index is 12.3. The van der Waals surface area contributed by atoms with Gasteiger partial charge in [0.05, 0.1) is 11.4 Å². The van der Waals surface area contributed by atoms with Crippen molar-refractivity contribution in [3.05, 3.63) is 23.8 Å². The summed E-state index contributed by atoms with van der Waals surface area (Å²) in [6, 6.07) is 6.51. The molecule has 0 aliphatic carbocycles. The molecule has 5 heteroatoms. The molecular weight excluding hydrogens is 272 g/mol. The van der Waals surface area contributed by atoms with Gasteiger partial charge in [0.15, 0.2) is 0 Å². The molecule has 0 radical (unpaired) electrons. The third kappa shape index (κ3) is 2.57. The van der Waals surface area contributed by atoms with Gasteiger partial charge in [-0.3, -0.25) is 4.79 Å². The van der Waals surface area contributed by atoms with Crippen LogP contribution in [0.5, 0.6) is 0 Å². The van der Waals surface area contributed by atoms with Gasteiger partial charge < -0.3 is 15.4 Å². The molecule has 0 bridgehead atoms. The van der Waals surface area contributed by atoms with Crippen molar-refractivity contribution in [1.29, 1.82) is 0 Å². The molecular formula is C15H20N2O2S. The molecule has 1 saturated heterocycles. The van der Waals surface area contributed by atoms with Gasteiger partial charge in [0.1, 0.15) is 0 Å². The van der Waals surface area contributed by atoms with Crippen LogP contribution in [0.1, 0.15) is 31.4 Å². The number of anilines is 1. The summed E-state index contributed by atoms with van der Waals surface area (Å²) in [7, 11) is 0. The summed E-state index contributed by atoms with van der Waals surface area (Å²) in [6.07, 6.45) is 1.84. The molecule has 1 fully saturated rings. The van der Waals surface area contributed by atoms with E-state index in [9.17, 15) is 4.79 Å². The van der Waals surface area contributed by atoms with Crippen LogP contribution >= 0.6 is 11.8 Å². The first-order valence-corrected chi connectivity index (χ1v) is 8.07. The number of thioether (sulfide) groups is 1. The summed E-state index contributed by atoms with van der Waals surface area (Å²) in [4.78, 5) is 15.5. The number of benzene rings is 1. The van der Waals surface area contributed by atoms with E-state index in [1.54, 1.807) is 11.8 Å². The van der Waals surface area contributed by atoms with Crippen molar-refractivity contribution in [3.8, 4) is 0 Å². The van der Waals surface area contributed by atoms with Crippen LogP contribution in [0.4, 0.5) is 5.69 Å². The van der Waals surface area contributed by atoms with E-state index in [1.807, 2.05) is 24.0 Å². The number of carbonyl (C=O) groups is 1. The first kappa shape index (κ1) is 13.9. The average molecular weight is 292 g/mol. The second-order valence-corrected chi connectivity index (χ2v) is 6.43. The van der Waals surface area contributed by atoms with E-state index in [0.29, 0.717) is 5.75 Å². The first-order chi connectivity index (χ1) is 9.66. The Morgan fingerprint density at radius 2 is 2.15 bits per heavy atom. The second kappa shape index (κ2) is 5.76. The largest absolute Gasteiger partial charge is 0.381 e. The molecule has 4 nitrogen and oxygen atoms in total. The molecule has 2 aliphatic rings. The molecule has 1 atom stereocenters.